The van der Waals surface area contributed by atoms with Crippen molar-refractivity contribution in [1.82, 2.24) is 20.2 Å². The molecule has 264 valence electrons. The van der Waals surface area contributed by atoms with Crippen molar-refractivity contribution >= 4 is 44.0 Å². The Hall–Kier alpha value is -3.87. The zero-order valence-electron chi connectivity index (χ0n) is 29.1. The van der Waals surface area contributed by atoms with E-state index in [1.807, 2.05) is 0 Å². The SMILES string of the molecule is CCCC(CCC(C)C)c1cc(OC)c(Nc2nc(Nc3ccccc3S(=O)(=O)C(C)C)c3cn[nH]c3n2)cc1C.CCCC(F)(F)F. The molecule has 2 aromatic heterocycles. The van der Waals surface area contributed by atoms with Gasteiger partial charge in [0.25, 0.3) is 0 Å². The number of fused-ring (bicyclic) bond motifs is 1. The lowest BCUT2D eigenvalue weighted by atomic mass is 9.85. The van der Waals surface area contributed by atoms with Crippen molar-refractivity contribution in [3.63, 3.8) is 0 Å². The lowest BCUT2D eigenvalue weighted by Crippen LogP contribution is -2.15. The summed E-state index contributed by atoms with van der Waals surface area (Å²) >= 11 is 0. The zero-order chi connectivity index (χ0) is 35.6. The maximum absolute atomic E-state index is 13.0. The summed E-state index contributed by atoms with van der Waals surface area (Å²) in [6.45, 7) is 13.8. The highest BCUT2D eigenvalue weighted by atomic mass is 32.2. The van der Waals surface area contributed by atoms with Gasteiger partial charge in [-0.15, -0.1) is 0 Å². The summed E-state index contributed by atoms with van der Waals surface area (Å²) in [5.74, 6) is 2.60. The fourth-order valence-corrected chi connectivity index (χ4v) is 6.54. The lowest BCUT2D eigenvalue weighted by Gasteiger charge is -2.22. The molecule has 0 aliphatic rings. The van der Waals surface area contributed by atoms with Crippen LogP contribution in [0.1, 0.15) is 97.1 Å². The monoisotopic (exact) mass is 690 g/mol. The van der Waals surface area contributed by atoms with Crippen LogP contribution in [0.15, 0.2) is 47.5 Å². The number of methoxy groups -OCH3 is 1. The molecular weight excluding hydrogens is 641 g/mol. The molecule has 4 rings (SSSR count). The molecule has 48 heavy (non-hydrogen) atoms. The van der Waals surface area contributed by atoms with Gasteiger partial charge in [-0.25, -0.2) is 8.42 Å². The van der Waals surface area contributed by atoms with E-state index in [0.717, 1.165) is 24.9 Å². The van der Waals surface area contributed by atoms with Crippen LogP contribution in [-0.4, -0.2) is 47.1 Å². The fourth-order valence-electron chi connectivity index (χ4n) is 5.34. The molecule has 9 nitrogen and oxygen atoms in total. The molecule has 2 aromatic carbocycles. The second-order valence-corrected chi connectivity index (χ2v) is 15.1. The third-order valence-electron chi connectivity index (χ3n) is 7.91. The number of nitrogens with one attached hydrogen (secondary N) is 3. The number of sulfone groups is 1. The largest absolute Gasteiger partial charge is 0.495 e. The van der Waals surface area contributed by atoms with Gasteiger partial charge in [-0.05, 0) is 87.3 Å². The minimum Gasteiger partial charge on any atom is -0.495 e. The minimum absolute atomic E-state index is 0.184. The summed E-state index contributed by atoms with van der Waals surface area (Å²) in [5.41, 5.74) is 4.20. The maximum atomic E-state index is 13.0. The molecule has 4 aromatic rings. The van der Waals surface area contributed by atoms with Crippen molar-refractivity contribution in [3.05, 3.63) is 53.7 Å². The van der Waals surface area contributed by atoms with Crippen molar-refractivity contribution < 1.29 is 26.3 Å². The number of aromatic amines is 1. The number of anilines is 4. The van der Waals surface area contributed by atoms with E-state index in [-0.39, 0.29) is 11.3 Å². The summed E-state index contributed by atoms with van der Waals surface area (Å²) in [5, 5.41) is 13.7. The lowest BCUT2D eigenvalue weighted by molar-refractivity contribution is -0.134. The number of ether oxygens (including phenoxy) is 1. The first-order valence-electron chi connectivity index (χ1n) is 16.4. The normalized spacial score (nSPS) is 12.6. The van der Waals surface area contributed by atoms with Crippen LogP contribution in [-0.2, 0) is 9.84 Å². The fraction of sp³-hybridized carbons (Fsp3) is 0.514. The number of aromatic nitrogens is 4. The first-order valence-corrected chi connectivity index (χ1v) is 18.0. The van der Waals surface area contributed by atoms with E-state index >= 15 is 0 Å². The number of alkyl halides is 3. The molecule has 0 aliphatic carbocycles. The Balaban J connectivity index is 0.000000804. The predicted octanol–water partition coefficient (Wildman–Crippen LogP) is 10.0. The number of nitrogens with zero attached hydrogens (tertiary/aromatic N) is 3. The Labute approximate surface area is 282 Å². The highest BCUT2D eigenvalue weighted by Gasteiger charge is 2.25. The second kappa shape index (κ2) is 17.0. The Kier molecular flexibility index (Phi) is 13.7. The Morgan fingerprint density at radius 1 is 0.938 bits per heavy atom. The molecule has 0 saturated carbocycles. The first kappa shape index (κ1) is 38.6. The number of aryl methyl sites for hydroxylation is 1. The van der Waals surface area contributed by atoms with Gasteiger partial charge < -0.3 is 15.4 Å². The van der Waals surface area contributed by atoms with E-state index in [1.54, 1.807) is 51.4 Å². The minimum atomic E-state index is -3.95. The average Bonchev–Trinajstić information content (AvgIpc) is 3.48. The summed E-state index contributed by atoms with van der Waals surface area (Å²) in [6, 6.07) is 11.1. The topological polar surface area (TPSA) is 122 Å². The van der Waals surface area contributed by atoms with E-state index < -0.39 is 27.7 Å². The molecule has 0 saturated heterocycles. The van der Waals surface area contributed by atoms with Crippen molar-refractivity contribution in [1.29, 1.82) is 0 Å². The number of H-pyrrole nitrogens is 1. The number of hydrogen-bond donors (Lipinski definition) is 3. The van der Waals surface area contributed by atoms with E-state index in [4.69, 9.17) is 9.72 Å². The van der Waals surface area contributed by atoms with Crippen molar-refractivity contribution in [3.8, 4) is 5.75 Å². The van der Waals surface area contributed by atoms with Gasteiger partial charge in [0, 0.05) is 6.42 Å². The van der Waals surface area contributed by atoms with Gasteiger partial charge in [-0.2, -0.15) is 28.2 Å². The standard InChI is InChI=1S/C31H42N6O3S.C4H7F3/c1-8-11-22(15-14-19(2)3)23-17-27(40-7)26(16-21(23)6)34-31-35-29(24-18-32-37-30(24)36-31)33-25-12-9-10-13-28(25)41(38,39)20(4)5;1-2-3-4(5,6)7/h9-10,12-13,16-20,22H,8,11,14-15H2,1-7H3,(H3,32,33,34,35,36,37);2-3H2,1H3. The molecule has 13 heteroatoms. The highest BCUT2D eigenvalue weighted by molar-refractivity contribution is 7.92. The zero-order valence-corrected chi connectivity index (χ0v) is 29.9. The van der Waals surface area contributed by atoms with Gasteiger partial charge in [-0.1, -0.05) is 52.7 Å². The predicted molar refractivity (Wildman–Crippen MR) is 187 cm³/mol. The van der Waals surface area contributed by atoms with E-state index in [9.17, 15) is 21.6 Å². The summed E-state index contributed by atoms with van der Waals surface area (Å²) in [7, 11) is -1.86. The molecule has 0 bridgehead atoms. The van der Waals surface area contributed by atoms with E-state index in [1.165, 1.54) is 24.5 Å². The maximum Gasteiger partial charge on any atom is 0.389 e. The molecule has 0 radical (unpaired) electrons. The molecule has 0 amide bonds. The highest BCUT2D eigenvalue weighted by Crippen LogP contribution is 2.38. The van der Waals surface area contributed by atoms with Gasteiger partial charge in [0.05, 0.1) is 40.2 Å². The summed E-state index contributed by atoms with van der Waals surface area (Å²) in [6.07, 6.45) is 1.77. The quantitative estimate of drug-likeness (QED) is 0.120. The van der Waals surface area contributed by atoms with E-state index in [2.05, 4.69) is 65.6 Å². The second-order valence-electron chi connectivity index (χ2n) is 12.6. The molecule has 0 spiro atoms. The van der Waals surface area contributed by atoms with Crippen LogP contribution < -0.4 is 15.4 Å². The Bertz CT molecular complexity index is 1740. The summed E-state index contributed by atoms with van der Waals surface area (Å²) in [4.78, 5) is 9.56. The number of para-hydroxylation sites is 1. The van der Waals surface area contributed by atoms with Crippen LogP contribution in [0.3, 0.4) is 0 Å². The van der Waals surface area contributed by atoms with Gasteiger partial charge in [0.1, 0.15) is 11.6 Å². The Morgan fingerprint density at radius 3 is 2.23 bits per heavy atom. The molecule has 2 heterocycles. The van der Waals surface area contributed by atoms with Crippen molar-refractivity contribution in [2.75, 3.05) is 17.7 Å². The third-order valence-corrected chi connectivity index (χ3v) is 10.1. The van der Waals surface area contributed by atoms with Crippen LogP contribution in [0, 0.1) is 12.8 Å². The van der Waals surface area contributed by atoms with Crippen LogP contribution in [0.25, 0.3) is 11.0 Å². The van der Waals surface area contributed by atoms with Gasteiger partial charge >= 0.3 is 6.18 Å². The molecule has 0 fully saturated rings. The van der Waals surface area contributed by atoms with Gasteiger partial charge in [0.2, 0.25) is 5.95 Å². The molecule has 0 aliphatic heterocycles. The summed E-state index contributed by atoms with van der Waals surface area (Å²) < 4.78 is 65.1. The molecular formula is C35H49F3N6O3S. The molecule has 1 atom stereocenters. The number of benzene rings is 2. The first-order chi connectivity index (χ1) is 22.6. The van der Waals surface area contributed by atoms with Crippen LogP contribution in [0.2, 0.25) is 0 Å². The third kappa shape index (κ3) is 10.3. The van der Waals surface area contributed by atoms with Crippen molar-refractivity contribution in [2.45, 2.75) is 109 Å². The number of rotatable bonds is 14. The van der Waals surface area contributed by atoms with Crippen LogP contribution >= 0.6 is 0 Å². The molecule has 3 N–H and O–H groups in total. The number of halogens is 3. The number of hydrogen-bond acceptors (Lipinski definition) is 8. The average molecular weight is 691 g/mol. The Morgan fingerprint density at radius 2 is 1.65 bits per heavy atom. The van der Waals surface area contributed by atoms with Crippen LogP contribution in [0.5, 0.6) is 5.75 Å². The van der Waals surface area contributed by atoms with E-state index in [0.29, 0.717) is 46.1 Å². The van der Waals surface area contributed by atoms with Gasteiger partial charge in [-0.3, -0.25) is 5.10 Å². The smallest absolute Gasteiger partial charge is 0.389 e. The van der Waals surface area contributed by atoms with Gasteiger partial charge in [0.15, 0.2) is 15.5 Å². The van der Waals surface area contributed by atoms with Crippen LogP contribution in [0.4, 0.5) is 36.3 Å². The van der Waals surface area contributed by atoms with Crippen molar-refractivity contribution in [2.24, 2.45) is 5.92 Å². The molecule has 1 unspecified atom stereocenters.